The number of nitrogens with zero attached hydrogens (tertiary/aromatic N) is 3. The average Bonchev–Trinajstić information content (AvgIpc) is 2.66. The monoisotopic (exact) mass is 238 g/mol. The van der Waals surface area contributed by atoms with Crippen LogP contribution in [0.4, 0.5) is 0 Å². The molecule has 0 radical (unpaired) electrons. The minimum atomic E-state index is 0.357. The van der Waals surface area contributed by atoms with Gasteiger partial charge in [0, 0.05) is 6.54 Å². The summed E-state index contributed by atoms with van der Waals surface area (Å²) in [7, 11) is 2.01. The molecule has 1 aromatic heterocycles. The third kappa shape index (κ3) is 4.46. The molecule has 0 saturated carbocycles. The maximum absolute atomic E-state index is 4.15. The highest BCUT2D eigenvalue weighted by molar-refractivity contribution is 5.02. The molecule has 0 aliphatic carbocycles. The third-order valence-corrected chi connectivity index (χ3v) is 2.97. The fourth-order valence-corrected chi connectivity index (χ4v) is 1.94. The molecule has 0 saturated heterocycles. The molecular weight excluding hydrogens is 212 g/mol. The van der Waals surface area contributed by atoms with Gasteiger partial charge < -0.3 is 5.32 Å². The van der Waals surface area contributed by atoms with Crippen molar-refractivity contribution in [2.75, 3.05) is 7.05 Å². The lowest BCUT2D eigenvalue weighted by molar-refractivity contribution is 0.331. The molecule has 0 aliphatic heterocycles. The molecule has 98 valence electrons. The Bertz CT molecular complexity index is 324. The lowest BCUT2D eigenvalue weighted by atomic mass is 9.88. The topological polar surface area (TPSA) is 42.7 Å². The Labute approximate surface area is 105 Å². The van der Waals surface area contributed by atoms with E-state index < -0.39 is 0 Å². The van der Waals surface area contributed by atoms with Crippen molar-refractivity contribution in [3.63, 3.8) is 0 Å². The van der Waals surface area contributed by atoms with Crippen LogP contribution in [0.15, 0.2) is 6.20 Å². The summed E-state index contributed by atoms with van der Waals surface area (Å²) in [5.74, 6) is 0. The molecule has 1 heterocycles. The predicted octanol–water partition coefficient (Wildman–Crippen LogP) is 2.77. The number of aromatic nitrogens is 3. The number of hydrogen-bond acceptors (Lipinski definition) is 3. The zero-order chi connectivity index (χ0) is 12.9. The Morgan fingerprint density at radius 1 is 1.41 bits per heavy atom. The molecule has 0 aromatic carbocycles. The summed E-state index contributed by atoms with van der Waals surface area (Å²) in [4.78, 5) is 0. The van der Waals surface area contributed by atoms with E-state index in [1.807, 2.05) is 17.9 Å². The second-order valence-corrected chi connectivity index (χ2v) is 5.82. The Hall–Kier alpha value is -0.900. The van der Waals surface area contributed by atoms with Gasteiger partial charge in [-0.3, -0.25) is 0 Å². The van der Waals surface area contributed by atoms with Crippen molar-refractivity contribution < 1.29 is 0 Å². The van der Waals surface area contributed by atoms with Gasteiger partial charge in [-0.1, -0.05) is 32.9 Å². The summed E-state index contributed by atoms with van der Waals surface area (Å²) in [6.07, 6.45) is 5.29. The number of aryl methyl sites for hydroxylation is 1. The van der Waals surface area contributed by atoms with Crippen molar-refractivity contribution in [1.82, 2.24) is 20.3 Å². The van der Waals surface area contributed by atoms with Gasteiger partial charge >= 0.3 is 0 Å². The average molecular weight is 238 g/mol. The van der Waals surface area contributed by atoms with E-state index in [4.69, 9.17) is 0 Å². The van der Waals surface area contributed by atoms with Gasteiger partial charge in [0.2, 0.25) is 0 Å². The Morgan fingerprint density at radius 2 is 2.12 bits per heavy atom. The fourth-order valence-electron chi connectivity index (χ4n) is 1.94. The van der Waals surface area contributed by atoms with E-state index in [2.05, 4.69) is 43.3 Å². The van der Waals surface area contributed by atoms with E-state index in [1.165, 1.54) is 12.1 Å². The largest absolute Gasteiger partial charge is 0.312 e. The highest BCUT2D eigenvalue weighted by Crippen LogP contribution is 2.26. The van der Waals surface area contributed by atoms with Crippen molar-refractivity contribution >= 4 is 0 Å². The normalized spacial score (nSPS) is 13.9. The second-order valence-electron chi connectivity index (χ2n) is 5.82. The lowest BCUT2D eigenvalue weighted by Crippen LogP contribution is -2.22. The van der Waals surface area contributed by atoms with Crippen LogP contribution in [-0.4, -0.2) is 22.0 Å². The first kappa shape index (κ1) is 14.2. The quantitative estimate of drug-likeness (QED) is 0.828. The van der Waals surface area contributed by atoms with Crippen LogP contribution in [0.25, 0.3) is 0 Å². The SMILES string of the molecule is CCCn1nncc1C(CCC(C)(C)C)NC. The van der Waals surface area contributed by atoms with E-state index in [-0.39, 0.29) is 0 Å². The van der Waals surface area contributed by atoms with E-state index in [0.717, 1.165) is 19.4 Å². The van der Waals surface area contributed by atoms with Gasteiger partial charge in [-0.15, -0.1) is 5.10 Å². The molecule has 0 fully saturated rings. The minimum absolute atomic E-state index is 0.357. The van der Waals surface area contributed by atoms with Crippen LogP contribution >= 0.6 is 0 Å². The van der Waals surface area contributed by atoms with Crippen molar-refractivity contribution in [3.05, 3.63) is 11.9 Å². The fraction of sp³-hybridized carbons (Fsp3) is 0.846. The maximum Gasteiger partial charge on any atom is 0.0756 e. The second kappa shape index (κ2) is 6.15. The number of hydrogen-bond donors (Lipinski definition) is 1. The van der Waals surface area contributed by atoms with Crippen LogP contribution in [0.2, 0.25) is 0 Å². The zero-order valence-corrected chi connectivity index (χ0v) is 11.8. The van der Waals surface area contributed by atoms with Crippen LogP contribution in [0.5, 0.6) is 0 Å². The number of nitrogens with one attached hydrogen (secondary N) is 1. The summed E-state index contributed by atoms with van der Waals surface area (Å²) in [6, 6.07) is 0.357. The molecule has 0 amide bonds. The highest BCUT2D eigenvalue weighted by atomic mass is 15.4. The van der Waals surface area contributed by atoms with Crippen molar-refractivity contribution in [2.45, 2.75) is 59.5 Å². The van der Waals surface area contributed by atoms with Crippen LogP contribution in [0, 0.1) is 5.41 Å². The Morgan fingerprint density at radius 3 is 2.65 bits per heavy atom. The Balaban J connectivity index is 2.69. The molecule has 1 rings (SSSR count). The molecule has 17 heavy (non-hydrogen) atoms. The molecule has 0 spiro atoms. The molecule has 1 aromatic rings. The van der Waals surface area contributed by atoms with Gasteiger partial charge in [0.1, 0.15) is 0 Å². The van der Waals surface area contributed by atoms with Crippen molar-refractivity contribution in [1.29, 1.82) is 0 Å². The predicted molar refractivity (Wildman–Crippen MR) is 70.8 cm³/mol. The molecule has 4 nitrogen and oxygen atoms in total. The molecule has 1 unspecified atom stereocenters. The van der Waals surface area contributed by atoms with E-state index in [0.29, 0.717) is 11.5 Å². The zero-order valence-electron chi connectivity index (χ0n) is 11.8. The third-order valence-electron chi connectivity index (χ3n) is 2.97. The van der Waals surface area contributed by atoms with Gasteiger partial charge in [0.15, 0.2) is 0 Å². The number of rotatable bonds is 6. The van der Waals surface area contributed by atoms with Crippen molar-refractivity contribution in [2.24, 2.45) is 5.41 Å². The summed E-state index contributed by atoms with van der Waals surface area (Å²) in [5.41, 5.74) is 1.58. The van der Waals surface area contributed by atoms with Crippen LogP contribution < -0.4 is 5.32 Å². The van der Waals surface area contributed by atoms with E-state index >= 15 is 0 Å². The van der Waals surface area contributed by atoms with Gasteiger partial charge in [0.05, 0.1) is 17.9 Å². The first-order chi connectivity index (χ1) is 7.98. The molecule has 4 heteroatoms. The lowest BCUT2D eigenvalue weighted by Gasteiger charge is -2.23. The first-order valence-electron chi connectivity index (χ1n) is 6.53. The van der Waals surface area contributed by atoms with E-state index in [1.54, 1.807) is 0 Å². The first-order valence-corrected chi connectivity index (χ1v) is 6.53. The molecule has 1 N–H and O–H groups in total. The summed E-state index contributed by atoms with van der Waals surface area (Å²) < 4.78 is 2.02. The van der Waals surface area contributed by atoms with Gasteiger partial charge in [-0.25, -0.2) is 4.68 Å². The van der Waals surface area contributed by atoms with Crippen LogP contribution in [-0.2, 0) is 6.54 Å². The van der Waals surface area contributed by atoms with Crippen molar-refractivity contribution in [3.8, 4) is 0 Å². The smallest absolute Gasteiger partial charge is 0.0756 e. The molecular formula is C13H26N4. The van der Waals surface area contributed by atoms with Crippen LogP contribution in [0.1, 0.15) is 58.7 Å². The van der Waals surface area contributed by atoms with Gasteiger partial charge in [0.25, 0.3) is 0 Å². The molecule has 0 aliphatic rings. The molecule has 1 atom stereocenters. The summed E-state index contributed by atoms with van der Waals surface area (Å²) in [6.45, 7) is 9.95. The summed E-state index contributed by atoms with van der Waals surface area (Å²) in [5, 5.41) is 11.5. The highest BCUT2D eigenvalue weighted by Gasteiger charge is 2.18. The maximum atomic E-state index is 4.15. The van der Waals surface area contributed by atoms with Gasteiger partial charge in [-0.2, -0.15) is 0 Å². The standard InChI is InChI=1S/C13H26N4/c1-6-9-17-12(10-15-16-17)11(14-5)7-8-13(2,3)4/h10-11,14H,6-9H2,1-5H3. The van der Waals surface area contributed by atoms with Crippen LogP contribution in [0.3, 0.4) is 0 Å². The van der Waals surface area contributed by atoms with E-state index in [9.17, 15) is 0 Å². The summed E-state index contributed by atoms with van der Waals surface area (Å²) >= 11 is 0. The minimum Gasteiger partial charge on any atom is -0.312 e. The van der Waals surface area contributed by atoms with Gasteiger partial charge in [-0.05, 0) is 31.7 Å². The Kier molecular flexibility index (Phi) is 5.12. The molecule has 0 bridgehead atoms.